The molecule has 4 heterocycles. The van der Waals surface area contributed by atoms with Crippen molar-refractivity contribution in [2.45, 2.75) is 0 Å². The Labute approximate surface area is 160 Å². The molecule has 2 aliphatic rings. The highest BCUT2D eigenvalue weighted by Gasteiger charge is 2.29. The largest absolute Gasteiger partial charge is 0.254 e. The Bertz CT molecular complexity index is 1120. The van der Waals surface area contributed by atoms with E-state index in [2.05, 4.69) is 30.1 Å². The molecule has 0 N–H and O–H groups in total. The second kappa shape index (κ2) is 5.72. The minimum atomic E-state index is 0.779. The lowest BCUT2D eigenvalue weighted by Gasteiger charge is -2.00. The van der Waals surface area contributed by atoms with Gasteiger partial charge in [0.25, 0.3) is 0 Å². The summed E-state index contributed by atoms with van der Waals surface area (Å²) in [5.74, 6) is 0. The highest BCUT2D eigenvalue weighted by atomic mass is 15.2. The van der Waals surface area contributed by atoms with Crippen LogP contribution >= 0.6 is 0 Å². The first kappa shape index (κ1) is 15.0. The normalized spacial score (nSPS) is 12.9. The van der Waals surface area contributed by atoms with Crippen LogP contribution in [0.1, 0.15) is 22.3 Å². The topological polar surface area (TPSA) is 76.3 Å². The van der Waals surface area contributed by atoms with Gasteiger partial charge in [-0.1, -0.05) is 0 Å². The maximum Gasteiger partial charge on any atom is 0.105 e. The third kappa shape index (κ3) is 2.02. The molecule has 6 nitrogen and oxygen atoms in total. The SMILES string of the molecule is c1cnc2c(c1)C(=NN=C1c3cccnc3-c3ncccc31)c1cccnc1-2. The molecule has 4 aromatic heterocycles. The molecule has 0 saturated heterocycles. The minimum Gasteiger partial charge on any atom is -0.254 e. The minimum absolute atomic E-state index is 0.779. The fraction of sp³-hybridized carbons (Fsp3) is 0. The molecule has 0 bridgehead atoms. The summed E-state index contributed by atoms with van der Waals surface area (Å²) in [5, 5.41) is 9.31. The average molecular weight is 360 g/mol. The molecular formula is C22H12N6. The van der Waals surface area contributed by atoms with Crippen molar-refractivity contribution < 1.29 is 0 Å². The number of nitrogens with zero attached hydrogens (tertiary/aromatic N) is 6. The lowest BCUT2D eigenvalue weighted by Crippen LogP contribution is -2.01. The van der Waals surface area contributed by atoms with E-state index in [1.54, 1.807) is 24.8 Å². The van der Waals surface area contributed by atoms with Gasteiger partial charge in [-0.05, 0) is 48.5 Å². The van der Waals surface area contributed by atoms with Gasteiger partial charge in [-0.25, -0.2) is 0 Å². The van der Waals surface area contributed by atoms with Gasteiger partial charge in [-0.2, -0.15) is 0 Å². The zero-order valence-corrected chi connectivity index (χ0v) is 14.6. The number of aromatic nitrogens is 4. The average Bonchev–Trinajstić information content (AvgIpc) is 3.26. The van der Waals surface area contributed by atoms with E-state index in [-0.39, 0.29) is 0 Å². The van der Waals surface area contributed by atoms with E-state index in [9.17, 15) is 0 Å². The summed E-state index contributed by atoms with van der Waals surface area (Å²) in [5.41, 5.74) is 8.68. The molecule has 0 saturated carbocycles. The number of hydrogen-bond acceptors (Lipinski definition) is 6. The molecule has 0 aliphatic heterocycles. The quantitative estimate of drug-likeness (QED) is 0.420. The van der Waals surface area contributed by atoms with E-state index < -0.39 is 0 Å². The fourth-order valence-corrected chi connectivity index (χ4v) is 3.75. The molecule has 0 radical (unpaired) electrons. The van der Waals surface area contributed by atoms with Crippen molar-refractivity contribution in [2.24, 2.45) is 10.2 Å². The highest BCUT2D eigenvalue weighted by molar-refractivity contribution is 6.25. The Morgan fingerprint density at radius 2 is 0.714 bits per heavy atom. The Morgan fingerprint density at radius 1 is 0.429 bits per heavy atom. The first-order chi connectivity index (χ1) is 13.9. The first-order valence-corrected chi connectivity index (χ1v) is 8.90. The molecule has 2 aliphatic carbocycles. The summed E-state index contributed by atoms with van der Waals surface area (Å²) in [4.78, 5) is 18.0. The summed E-state index contributed by atoms with van der Waals surface area (Å²) in [6.45, 7) is 0. The van der Waals surface area contributed by atoms with Crippen LogP contribution in [0.2, 0.25) is 0 Å². The Kier molecular flexibility index (Phi) is 3.07. The molecule has 0 amide bonds. The molecule has 4 aromatic rings. The van der Waals surface area contributed by atoms with Crippen LogP contribution in [-0.4, -0.2) is 31.4 Å². The molecule has 0 aromatic carbocycles. The van der Waals surface area contributed by atoms with Crippen molar-refractivity contribution in [3.8, 4) is 22.8 Å². The zero-order valence-electron chi connectivity index (χ0n) is 14.6. The van der Waals surface area contributed by atoms with Crippen molar-refractivity contribution in [1.29, 1.82) is 0 Å². The van der Waals surface area contributed by atoms with Crippen LogP contribution in [-0.2, 0) is 0 Å². The second-order valence-electron chi connectivity index (χ2n) is 6.50. The van der Waals surface area contributed by atoms with Gasteiger partial charge in [0, 0.05) is 47.0 Å². The van der Waals surface area contributed by atoms with Crippen molar-refractivity contribution in [2.75, 3.05) is 0 Å². The maximum atomic E-state index is 4.65. The third-order valence-electron chi connectivity index (χ3n) is 4.95. The van der Waals surface area contributed by atoms with Crippen molar-refractivity contribution in [3.63, 3.8) is 0 Å². The Morgan fingerprint density at radius 3 is 1.00 bits per heavy atom. The van der Waals surface area contributed by atoms with Crippen LogP contribution in [0.25, 0.3) is 22.8 Å². The van der Waals surface area contributed by atoms with Crippen LogP contribution in [0, 0.1) is 0 Å². The van der Waals surface area contributed by atoms with Gasteiger partial charge >= 0.3 is 0 Å². The summed E-state index contributed by atoms with van der Waals surface area (Å²) in [7, 11) is 0. The third-order valence-corrected chi connectivity index (χ3v) is 4.95. The molecule has 0 spiro atoms. The van der Waals surface area contributed by atoms with Crippen LogP contribution in [0.3, 0.4) is 0 Å². The van der Waals surface area contributed by atoms with E-state index in [0.29, 0.717) is 0 Å². The Balaban J connectivity index is 1.58. The summed E-state index contributed by atoms with van der Waals surface area (Å²) in [6, 6.07) is 15.6. The number of rotatable bonds is 1. The zero-order chi connectivity index (χ0) is 18.5. The Hall–Kier alpha value is -4.06. The smallest absolute Gasteiger partial charge is 0.105 e. The van der Waals surface area contributed by atoms with Crippen LogP contribution in [0.4, 0.5) is 0 Å². The van der Waals surface area contributed by atoms with Crippen molar-refractivity contribution in [1.82, 2.24) is 19.9 Å². The summed E-state index contributed by atoms with van der Waals surface area (Å²) < 4.78 is 0. The molecule has 0 fully saturated rings. The van der Waals surface area contributed by atoms with Crippen molar-refractivity contribution in [3.05, 3.63) is 95.6 Å². The van der Waals surface area contributed by atoms with E-state index in [1.165, 1.54) is 0 Å². The maximum absolute atomic E-state index is 4.65. The monoisotopic (exact) mass is 360 g/mol. The number of hydrogen-bond donors (Lipinski definition) is 0. The van der Waals surface area contributed by atoms with E-state index in [4.69, 9.17) is 0 Å². The molecule has 0 unspecified atom stereocenters. The lowest BCUT2D eigenvalue weighted by molar-refractivity contribution is 1.23. The van der Waals surface area contributed by atoms with Gasteiger partial charge in [0.1, 0.15) is 11.4 Å². The van der Waals surface area contributed by atoms with Crippen LogP contribution in [0.15, 0.2) is 83.5 Å². The molecule has 0 atom stereocenters. The predicted molar refractivity (Wildman–Crippen MR) is 106 cm³/mol. The molecule has 6 heteroatoms. The van der Waals surface area contributed by atoms with Gasteiger partial charge in [-0.3, -0.25) is 19.9 Å². The van der Waals surface area contributed by atoms with Gasteiger partial charge < -0.3 is 0 Å². The van der Waals surface area contributed by atoms with Gasteiger partial charge in [0.15, 0.2) is 0 Å². The molecular weight excluding hydrogens is 348 g/mol. The number of fused-ring (bicyclic) bond motifs is 6. The van der Waals surface area contributed by atoms with Gasteiger partial charge in [0.05, 0.1) is 22.8 Å². The van der Waals surface area contributed by atoms with Crippen LogP contribution < -0.4 is 0 Å². The van der Waals surface area contributed by atoms with Crippen molar-refractivity contribution >= 4 is 11.4 Å². The van der Waals surface area contributed by atoms with Crippen LogP contribution in [0.5, 0.6) is 0 Å². The summed E-state index contributed by atoms with van der Waals surface area (Å²) in [6.07, 6.45) is 7.08. The lowest BCUT2D eigenvalue weighted by atomic mass is 10.1. The van der Waals surface area contributed by atoms with E-state index in [0.717, 1.165) is 56.5 Å². The molecule has 28 heavy (non-hydrogen) atoms. The second-order valence-corrected chi connectivity index (χ2v) is 6.50. The number of pyridine rings is 4. The van der Waals surface area contributed by atoms with Gasteiger partial charge in [0.2, 0.25) is 0 Å². The molecule has 6 rings (SSSR count). The van der Waals surface area contributed by atoms with E-state index in [1.807, 2.05) is 48.5 Å². The standard InChI is InChI=1S/C22H12N6/c1-5-13-17(14-6-2-10-24-20(14)19(13)23-9-1)27-28-18-15-7-3-11-25-21(15)22-16(18)8-4-12-26-22/h1-12H. The predicted octanol–water partition coefficient (Wildman–Crippen LogP) is 3.52. The van der Waals surface area contributed by atoms with E-state index >= 15 is 0 Å². The first-order valence-electron chi connectivity index (χ1n) is 8.90. The fourth-order valence-electron chi connectivity index (χ4n) is 3.75. The highest BCUT2D eigenvalue weighted by Crippen LogP contribution is 2.35. The molecule has 130 valence electrons. The van der Waals surface area contributed by atoms with Gasteiger partial charge in [-0.15, -0.1) is 10.2 Å². The summed E-state index contributed by atoms with van der Waals surface area (Å²) >= 11 is 0.